The summed E-state index contributed by atoms with van der Waals surface area (Å²) in [6.07, 6.45) is -0.299. The highest BCUT2D eigenvalue weighted by Crippen LogP contribution is 2.34. The van der Waals surface area contributed by atoms with E-state index in [-0.39, 0.29) is 6.10 Å². The Labute approximate surface area is 145 Å². The second kappa shape index (κ2) is 5.75. The first-order valence-electron chi connectivity index (χ1n) is 8.11. The zero-order valence-electron chi connectivity index (χ0n) is 14.1. The molecule has 0 spiro atoms. The van der Waals surface area contributed by atoms with Gasteiger partial charge in [-0.2, -0.15) is 0 Å². The fraction of sp³-hybridized carbons (Fsp3) is 0.316. The van der Waals surface area contributed by atoms with Crippen molar-refractivity contribution in [3.63, 3.8) is 0 Å². The smallest absolute Gasteiger partial charge is 0.342 e. The van der Waals surface area contributed by atoms with Gasteiger partial charge in [0, 0.05) is 18.2 Å². The molecule has 2 aromatic rings. The summed E-state index contributed by atoms with van der Waals surface area (Å²) in [6, 6.07) is 11.0. The summed E-state index contributed by atoms with van der Waals surface area (Å²) < 4.78 is 22.3. The predicted octanol–water partition coefficient (Wildman–Crippen LogP) is 2.88. The first kappa shape index (κ1) is 15.9. The largest absolute Gasteiger partial charge is 0.491 e. The summed E-state index contributed by atoms with van der Waals surface area (Å²) in [7, 11) is 0. The molecular weight excluding hydrogens is 322 g/mol. The van der Waals surface area contributed by atoms with Crippen molar-refractivity contribution >= 4 is 11.7 Å². The molecule has 2 heterocycles. The fourth-order valence-corrected chi connectivity index (χ4v) is 3.07. The number of nitrogens with two attached hydrogens (primary N) is 1. The van der Waals surface area contributed by atoms with Crippen molar-refractivity contribution < 1.29 is 23.7 Å². The first-order valence-corrected chi connectivity index (χ1v) is 8.11. The molecule has 2 aliphatic rings. The van der Waals surface area contributed by atoms with Crippen LogP contribution in [0.5, 0.6) is 5.75 Å². The summed E-state index contributed by atoms with van der Waals surface area (Å²) >= 11 is 0. The van der Waals surface area contributed by atoms with Gasteiger partial charge in [0.1, 0.15) is 18.5 Å². The van der Waals surface area contributed by atoms with E-state index < -0.39 is 11.9 Å². The van der Waals surface area contributed by atoms with Gasteiger partial charge < -0.3 is 24.7 Å². The quantitative estimate of drug-likeness (QED) is 0.635. The number of nitrogen functional groups attached to an aromatic ring is 1. The van der Waals surface area contributed by atoms with E-state index in [9.17, 15) is 4.79 Å². The molecule has 25 heavy (non-hydrogen) atoms. The predicted molar refractivity (Wildman–Crippen MR) is 91.2 cm³/mol. The van der Waals surface area contributed by atoms with Crippen LogP contribution in [0.25, 0.3) is 11.1 Å². The molecule has 2 aliphatic heterocycles. The number of benzene rings is 2. The highest BCUT2D eigenvalue weighted by Gasteiger charge is 2.42. The normalized spacial score (nSPS) is 25.2. The SMILES string of the molecule is Cc1ccc(-c2cc3cc(c2)C(=O)OC2(C)OCC(CO3)O2)c(N)c1. The van der Waals surface area contributed by atoms with Crippen molar-refractivity contribution in [2.75, 3.05) is 18.9 Å². The standard InChI is InChI=1S/C19H19NO5/c1-11-3-4-16(17(20)5-11)12-6-13-8-14(7-12)22-9-15-10-23-19(2,24-15)25-18(13)21/h3-8,15H,9-10,20H2,1-2H3. The number of ether oxygens (including phenoxy) is 4. The molecule has 2 unspecified atom stereocenters. The number of esters is 1. The second-order valence-corrected chi connectivity index (χ2v) is 6.45. The van der Waals surface area contributed by atoms with Gasteiger partial charge in [-0.15, -0.1) is 0 Å². The van der Waals surface area contributed by atoms with Crippen molar-refractivity contribution in [1.29, 1.82) is 0 Å². The van der Waals surface area contributed by atoms with Gasteiger partial charge in [-0.3, -0.25) is 0 Å². The summed E-state index contributed by atoms with van der Waals surface area (Å²) in [4.78, 5) is 12.5. The van der Waals surface area contributed by atoms with E-state index in [1.54, 1.807) is 19.1 Å². The molecule has 6 heteroatoms. The monoisotopic (exact) mass is 341 g/mol. The summed E-state index contributed by atoms with van der Waals surface area (Å²) in [6.45, 7) is 4.16. The van der Waals surface area contributed by atoms with Gasteiger partial charge >= 0.3 is 11.9 Å². The minimum absolute atomic E-state index is 0.299. The molecule has 0 amide bonds. The van der Waals surface area contributed by atoms with Gasteiger partial charge in [-0.05, 0) is 42.3 Å². The minimum Gasteiger partial charge on any atom is -0.491 e. The number of fused-ring (bicyclic) bond motifs is 4. The van der Waals surface area contributed by atoms with E-state index in [4.69, 9.17) is 24.7 Å². The van der Waals surface area contributed by atoms with E-state index in [0.717, 1.165) is 16.7 Å². The first-order chi connectivity index (χ1) is 11.9. The lowest BCUT2D eigenvalue weighted by Crippen LogP contribution is -2.34. The van der Waals surface area contributed by atoms with E-state index in [1.165, 1.54) is 0 Å². The summed E-state index contributed by atoms with van der Waals surface area (Å²) in [5.41, 5.74) is 9.85. The van der Waals surface area contributed by atoms with Gasteiger partial charge in [-0.1, -0.05) is 12.1 Å². The second-order valence-electron chi connectivity index (χ2n) is 6.45. The number of carbonyl (C=O) groups is 1. The van der Waals surface area contributed by atoms with E-state index in [0.29, 0.717) is 30.2 Å². The third kappa shape index (κ3) is 3.06. The minimum atomic E-state index is -1.39. The Bertz CT molecular complexity index is 850. The van der Waals surface area contributed by atoms with Gasteiger partial charge in [0.25, 0.3) is 0 Å². The molecule has 4 rings (SSSR count). The molecule has 0 saturated carbocycles. The number of carbonyl (C=O) groups excluding carboxylic acids is 1. The zero-order chi connectivity index (χ0) is 17.6. The molecule has 0 radical (unpaired) electrons. The lowest BCUT2D eigenvalue weighted by molar-refractivity contribution is -0.296. The Morgan fingerprint density at radius 3 is 2.72 bits per heavy atom. The van der Waals surface area contributed by atoms with Crippen LogP contribution in [0.3, 0.4) is 0 Å². The van der Waals surface area contributed by atoms with Gasteiger partial charge in [0.05, 0.1) is 12.2 Å². The van der Waals surface area contributed by atoms with Crippen LogP contribution in [0.15, 0.2) is 36.4 Å². The molecule has 0 aromatic heterocycles. The molecular formula is C19H19NO5. The molecule has 130 valence electrons. The number of rotatable bonds is 1. The molecule has 6 nitrogen and oxygen atoms in total. The van der Waals surface area contributed by atoms with Crippen molar-refractivity contribution in [3.05, 3.63) is 47.5 Å². The Balaban J connectivity index is 1.78. The van der Waals surface area contributed by atoms with Crippen molar-refractivity contribution in [1.82, 2.24) is 0 Å². The third-order valence-corrected chi connectivity index (χ3v) is 4.29. The van der Waals surface area contributed by atoms with Crippen LogP contribution in [0.4, 0.5) is 5.69 Å². The lowest BCUT2D eigenvalue weighted by atomic mass is 9.99. The molecule has 1 saturated heterocycles. The van der Waals surface area contributed by atoms with Crippen LogP contribution in [0.1, 0.15) is 22.8 Å². The Hall–Kier alpha value is -2.57. The summed E-state index contributed by atoms with van der Waals surface area (Å²) in [5.74, 6) is -1.37. The van der Waals surface area contributed by atoms with Crippen molar-refractivity contribution in [2.24, 2.45) is 0 Å². The highest BCUT2D eigenvalue weighted by molar-refractivity contribution is 5.93. The molecule has 2 atom stereocenters. The lowest BCUT2D eigenvalue weighted by Gasteiger charge is -2.24. The molecule has 1 fully saturated rings. The fourth-order valence-electron chi connectivity index (χ4n) is 3.07. The maximum Gasteiger partial charge on any atom is 0.342 e. The number of hydrogen-bond acceptors (Lipinski definition) is 6. The maximum atomic E-state index is 12.5. The summed E-state index contributed by atoms with van der Waals surface area (Å²) in [5, 5.41) is 0. The molecule has 2 N–H and O–H groups in total. The average Bonchev–Trinajstić information content (AvgIpc) is 2.92. The molecule has 0 aliphatic carbocycles. The third-order valence-electron chi connectivity index (χ3n) is 4.29. The van der Waals surface area contributed by atoms with Crippen LogP contribution in [0.2, 0.25) is 0 Å². The Morgan fingerprint density at radius 2 is 1.92 bits per heavy atom. The van der Waals surface area contributed by atoms with E-state index in [2.05, 4.69) is 0 Å². The zero-order valence-corrected chi connectivity index (χ0v) is 14.1. The molecule has 2 aromatic carbocycles. The van der Waals surface area contributed by atoms with Crippen LogP contribution >= 0.6 is 0 Å². The van der Waals surface area contributed by atoms with E-state index in [1.807, 2.05) is 31.2 Å². The number of anilines is 1. The van der Waals surface area contributed by atoms with E-state index >= 15 is 0 Å². The van der Waals surface area contributed by atoms with Crippen LogP contribution in [-0.4, -0.2) is 31.3 Å². The Kier molecular flexibility index (Phi) is 3.67. The topological polar surface area (TPSA) is 80.0 Å². The van der Waals surface area contributed by atoms with Crippen LogP contribution in [0, 0.1) is 6.92 Å². The van der Waals surface area contributed by atoms with Crippen molar-refractivity contribution in [3.8, 4) is 16.9 Å². The Morgan fingerprint density at radius 1 is 1.12 bits per heavy atom. The van der Waals surface area contributed by atoms with Crippen LogP contribution < -0.4 is 10.5 Å². The van der Waals surface area contributed by atoms with Gasteiger partial charge in [0.2, 0.25) is 0 Å². The molecule has 4 bridgehead atoms. The van der Waals surface area contributed by atoms with Gasteiger partial charge in [-0.25, -0.2) is 4.79 Å². The maximum absolute atomic E-state index is 12.5. The van der Waals surface area contributed by atoms with Crippen molar-refractivity contribution in [2.45, 2.75) is 25.9 Å². The van der Waals surface area contributed by atoms with Gasteiger partial charge in [0.15, 0.2) is 0 Å². The number of aryl methyl sites for hydroxylation is 1. The van der Waals surface area contributed by atoms with Crippen LogP contribution in [-0.2, 0) is 14.2 Å². The average molecular weight is 341 g/mol. The highest BCUT2D eigenvalue weighted by atomic mass is 16.9. The number of hydrogen-bond donors (Lipinski definition) is 1.